The molecule has 1 saturated heterocycles. The number of likely N-dealkylation sites (tertiary alicyclic amines) is 1. The highest BCUT2D eigenvalue weighted by molar-refractivity contribution is 5.93. The third kappa shape index (κ3) is 5.77. The van der Waals surface area contributed by atoms with E-state index in [-0.39, 0.29) is 13.0 Å². The number of ether oxygens (including phenoxy) is 1. The van der Waals surface area contributed by atoms with Crippen molar-refractivity contribution < 1.29 is 24.3 Å². The summed E-state index contributed by atoms with van der Waals surface area (Å²) < 4.78 is 5.31. The van der Waals surface area contributed by atoms with Gasteiger partial charge in [-0.3, -0.25) is 4.90 Å². The van der Waals surface area contributed by atoms with Crippen LogP contribution in [0.3, 0.4) is 0 Å². The Kier molecular flexibility index (Phi) is 6.01. The summed E-state index contributed by atoms with van der Waals surface area (Å²) in [5.74, 6) is -1.05. The average molecular weight is 348 g/mol. The molecule has 1 N–H and O–H groups in total. The molecule has 1 amide bonds. The molecule has 0 bridgehead atoms. The number of carboxylic acid groups (broad SMARTS) is 1. The maximum atomic E-state index is 12.3. The topological polar surface area (TPSA) is 88.4 Å². The second kappa shape index (κ2) is 8.00. The normalized spacial score (nSPS) is 19.6. The predicted molar refractivity (Wildman–Crippen MR) is 92.3 cm³/mol. The van der Waals surface area contributed by atoms with Crippen LogP contribution >= 0.6 is 0 Å². The van der Waals surface area contributed by atoms with Gasteiger partial charge in [0.15, 0.2) is 0 Å². The van der Waals surface area contributed by atoms with E-state index in [2.05, 4.69) is 5.16 Å². The number of piperidine rings is 1. The Morgan fingerprint density at radius 3 is 2.56 bits per heavy atom. The van der Waals surface area contributed by atoms with Gasteiger partial charge in [0, 0.05) is 0 Å². The Bertz CT molecular complexity index is 637. The molecule has 1 atom stereocenters. The number of benzene rings is 1. The second-order valence-electron chi connectivity index (χ2n) is 6.92. The van der Waals surface area contributed by atoms with Gasteiger partial charge in [-0.05, 0) is 39.2 Å². The van der Waals surface area contributed by atoms with Crippen molar-refractivity contribution in [2.45, 2.75) is 51.9 Å². The Balaban J connectivity index is 2.01. The molecule has 1 fully saturated rings. The monoisotopic (exact) mass is 348 g/mol. The number of hydrogen-bond acceptors (Lipinski definition) is 5. The van der Waals surface area contributed by atoms with E-state index in [1.807, 2.05) is 30.3 Å². The molecule has 136 valence electrons. The Morgan fingerprint density at radius 2 is 1.96 bits per heavy atom. The zero-order chi connectivity index (χ0) is 18.4. The van der Waals surface area contributed by atoms with Crippen molar-refractivity contribution in [2.24, 2.45) is 5.16 Å². The Morgan fingerprint density at radius 1 is 1.28 bits per heavy atom. The number of carboxylic acids is 1. The molecular weight excluding hydrogens is 324 g/mol. The van der Waals surface area contributed by atoms with Crippen molar-refractivity contribution >= 4 is 17.8 Å². The first-order chi connectivity index (χ1) is 11.8. The van der Waals surface area contributed by atoms with E-state index < -0.39 is 23.7 Å². The lowest BCUT2D eigenvalue weighted by Gasteiger charge is -2.34. The maximum Gasteiger partial charge on any atom is 0.411 e. The van der Waals surface area contributed by atoms with Crippen LogP contribution in [0.15, 0.2) is 35.5 Å². The number of aliphatic carboxylic acids is 1. The lowest BCUT2D eigenvalue weighted by atomic mass is 10.0. The maximum absolute atomic E-state index is 12.3. The van der Waals surface area contributed by atoms with Crippen LogP contribution in [0, 0.1) is 0 Å². The van der Waals surface area contributed by atoms with E-state index >= 15 is 0 Å². The quantitative estimate of drug-likeness (QED) is 0.845. The molecule has 0 aliphatic carbocycles. The van der Waals surface area contributed by atoms with Gasteiger partial charge < -0.3 is 14.7 Å². The van der Waals surface area contributed by atoms with Crippen LogP contribution < -0.4 is 0 Å². The van der Waals surface area contributed by atoms with Gasteiger partial charge in [-0.1, -0.05) is 35.5 Å². The number of carbonyl (C=O) groups is 2. The lowest BCUT2D eigenvalue weighted by molar-refractivity contribution is -0.143. The van der Waals surface area contributed by atoms with Gasteiger partial charge >= 0.3 is 12.1 Å². The highest BCUT2D eigenvalue weighted by Crippen LogP contribution is 2.20. The molecule has 7 heteroatoms. The van der Waals surface area contributed by atoms with Gasteiger partial charge in [0.25, 0.3) is 0 Å². The number of oxime groups is 1. The third-order valence-electron chi connectivity index (χ3n) is 3.62. The van der Waals surface area contributed by atoms with Crippen molar-refractivity contribution in [3.05, 3.63) is 35.9 Å². The highest BCUT2D eigenvalue weighted by atomic mass is 16.6. The van der Waals surface area contributed by atoms with E-state index in [4.69, 9.17) is 9.57 Å². The van der Waals surface area contributed by atoms with E-state index in [1.165, 1.54) is 4.90 Å². The molecule has 1 heterocycles. The molecule has 0 spiro atoms. The molecule has 1 aromatic rings. The third-order valence-corrected chi connectivity index (χ3v) is 3.62. The van der Waals surface area contributed by atoms with Crippen molar-refractivity contribution in [1.82, 2.24) is 4.90 Å². The summed E-state index contributed by atoms with van der Waals surface area (Å²) in [5.41, 5.74) is 0.910. The molecule has 0 saturated carbocycles. The van der Waals surface area contributed by atoms with Crippen LogP contribution in [-0.2, 0) is 21.0 Å². The van der Waals surface area contributed by atoms with Crippen LogP contribution in [0.1, 0.15) is 39.2 Å². The summed E-state index contributed by atoms with van der Waals surface area (Å²) in [6.45, 7) is 5.62. The summed E-state index contributed by atoms with van der Waals surface area (Å²) in [5, 5.41) is 13.4. The Hall–Kier alpha value is -2.57. The first kappa shape index (κ1) is 18.8. The summed E-state index contributed by atoms with van der Waals surface area (Å²) >= 11 is 0. The molecule has 1 aliphatic heterocycles. The molecule has 1 aromatic carbocycles. The van der Waals surface area contributed by atoms with Crippen LogP contribution in [0.5, 0.6) is 0 Å². The number of hydrogen-bond donors (Lipinski definition) is 1. The molecule has 2 rings (SSSR count). The smallest absolute Gasteiger partial charge is 0.411 e. The zero-order valence-corrected chi connectivity index (χ0v) is 14.8. The van der Waals surface area contributed by atoms with Gasteiger partial charge in [0.05, 0.1) is 12.3 Å². The first-order valence-electron chi connectivity index (χ1n) is 8.20. The average Bonchev–Trinajstić information content (AvgIpc) is 2.54. The van der Waals surface area contributed by atoms with E-state index in [0.29, 0.717) is 18.7 Å². The van der Waals surface area contributed by atoms with Gasteiger partial charge in [0.2, 0.25) is 0 Å². The fraction of sp³-hybridized carbons (Fsp3) is 0.500. The van der Waals surface area contributed by atoms with Gasteiger partial charge in [-0.2, -0.15) is 0 Å². The van der Waals surface area contributed by atoms with Crippen molar-refractivity contribution in [3.63, 3.8) is 0 Å². The summed E-state index contributed by atoms with van der Waals surface area (Å²) in [7, 11) is 0. The molecular formula is C18H24N2O5. The molecule has 25 heavy (non-hydrogen) atoms. The molecule has 7 nitrogen and oxygen atoms in total. The lowest BCUT2D eigenvalue weighted by Crippen LogP contribution is -2.52. The fourth-order valence-electron chi connectivity index (χ4n) is 2.46. The number of nitrogens with zero attached hydrogens (tertiary/aromatic N) is 2. The molecule has 0 unspecified atom stereocenters. The van der Waals surface area contributed by atoms with Crippen LogP contribution in [0.4, 0.5) is 4.79 Å². The minimum absolute atomic E-state index is 0.0840. The molecule has 1 aliphatic rings. The van der Waals surface area contributed by atoms with E-state index in [0.717, 1.165) is 5.56 Å². The minimum Gasteiger partial charge on any atom is -0.480 e. The van der Waals surface area contributed by atoms with Gasteiger partial charge in [-0.15, -0.1) is 0 Å². The van der Waals surface area contributed by atoms with E-state index in [9.17, 15) is 14.7 Å². The largest absolute Gasteiger partial charge is 0.480 e. The molecule has 0 aromatic heterocycles. The van der Waals surface area contributed by atoms with E-state index in [1.54, 1.807) is 20.8 Å². The fourth-order valence-corrected chi connectivity index (χ4v) is 2.46. The number of carbonyl (C=O) groups excluding carboxylic acids is 1. The van der Waals surface area contributed by atoms with Crippen LogP contribution in [-0.4, -0.2) is 46.0 Å². The Labute approximate surface area is 147 Å². The van der Waals surface area contributed by atoms with Gasteiger partial charge in [0.1, 0.15) is 18.2 Å². The highest BCUT2D eigenvalue weighted by Gasteiger charge is 2.37. The first-order valence-corrected chi connectivity index (χ1v) is 8.20. The van der Waals surface area contributed by atoms with Crippen LogP contribution in [0.2, 0.25) is 0 Å². The minimum atomic E-state index is -1.05. The molecule has 0 radical (unpaired) electrons. The summed E-state index contributed by atoms with van der Waals surface area (Å²) in [4.78, 5) is 30.3. The van der Waals surface area contributed by atoms with Crippen molar-refractivity contribution in [2.75, 3.05) is 6.54 Å². The van der Waals surface area contributed by atoms with Gasteiger partial charge in [-0.25, -0.2) is 9.59 Å². The summed E-state index contributed by atoms with van der Waals surface area (Å²) in [6.07, 6.45) is 0.0861. The zero-order valence-electron chi connectivity index (χ0n) is 14.8. The van der Waals surface area contributed by atoms with Crippen molar-refractivity contribution in [1.29, 1.82) is 0 Å². The second-order valence-corrected chi connectivity index (χ2v) is 6.92. The van der Waals surface area contributed by atoms with Crippen molar-refractivity contribution in [3.8, 4) is 0 Å². The SMILES string of the molecule is CC(C)(C)OC(=O)N1C/C(=N/OCc2ccccc2)CC[C@H]1C(=O)O. The number of rotatable bonds is 4. The predicted octanol–water partition coefficient (Wildman–Crippen LogP) is 3.04. The van der Waals surface area contributed by atoms with Crippen LogP contribution in [0.25, 0.3) is 0 Å². The number of amides is 1. The summed E-state index contributed by atoms with van der Waals surface area (Å²) in [6, 6.07) is 8.68. The standard InChI is InChI=1S/C18H24N2O5/c1-18(2,3)25-17(23)20-11-14(9-10-15(20)16(21)22)19-24-12-13-7-5-4-6-8-13/h4-8,15H,9-12H2,1-3H3,(H,21,22)/b19-14+/t15-/m0/s1.